The van der Waals surface area contributed by atoms with Gasteiger partial charge in [-0.25, -0.2) is 4.79 Å². The Balaban J connectivity index is 1.82. The average Bonchev–Trinajstić information content (AvgIpc) is 3.31. The summed E-state index contributed by atoms with van der Waals surface area (Å²) in [5.74, 6) is -1.01. The van der Waals surface area contributed by atoms with E-state index >= 15 is 0 Å². The summed E-state index contributed by atoms with van der Waals surface area (Å²) < 4.78 is 70.2. The zero-order valence-electron chi connectivity index (χ0n) is 39.3. The molecule has 3 heterocycles. The maximum absolute atomic E-state index is 13.9. The molecule has 368 valence electrons. The van der Waals surface area contributed by atoms with Crippen LogP contribution in [0.1, 0.15) is 116 Å². The summed E-state index contributed by atoms with van der Waals surface area (Å²) >= 11 is 0. The summed E-state index contributed by atoms with van der Waals surface area (Å²) in [6.45, 7) is 12.2. The maximum Gasteiger partial charge on any atom is 0.338 e. The Morgan fingerprint density at radius 2 is 0.985 bits per heavy atom. The van der Waals surface area contributed by atoms with Crippen LogP contribution in [0.25, 0.3) is 31.3 Å². The molecule has 3 saturated heterocycles. The SMILES string of the molecule is CCCCOC1[C@H](N=[N+]=[N-])C(C)O[C@H](O[C@@H]2C(OCCCC)[C@H](N=[N+]=[N-])C(C)O[C@@H]2O[C@@H]2C(OCCCC)[C@H](N=[N+]=[N-])C(C)O[C@@H]2OCCCCCC(=O)OC)[C@@H]1OC(=O)c1ccccc1. The van der Waals surface area contributed by atoms with Crippen LogP contribution in [0.3, 0.4) is 0 Å². The molecule has 0 amide bonds. The van der Waals surface area contributed by atoms with Gasteiger partial charge < -0.3 is 52.1 Å². The fourth-order valence-corrected chi connectivity index (χ4v) is 7.97. The van der Waals surface area contributed by atoms with Crippen molar-refractivity contribution in [3.8, 4) is 0 Å². The number of carbonyl (C=O) groups excluding carboxylic acids is 2. The molecular formula is C44H69N9O13. The van der Waals surface area contributed by atoms with Gasteiger partial charge in [0.15, 0.2) is 25.0 Å². The number of methoxy groups -OCH3 is 1. The molecule has 22 nitrogen and oxygen atoms in total. The van der Waals surface area contributed by atoms with Crippen LogP contribution in [0.2, 0.25) is 0 Å². The molecule has 15 atom stereocenters. The number of azide groups is 3. The highest BCUT2D eigenvalue weighted by Crippen LogP contribution is 2.38. The van der Waals surface area contributed by atoms with Crippen LogP contribution in [0.15, 0.2) is 45.7 Å². The summed E-state index contributed by atoms with van der Waals surface area (Å²) in [5.41, 5.74) is 29.5. The Kier molecular flexibility index (Phi) is 24.3. The van der Waals surface area contributed by atoms with Gasteiger partial charge in [0.05, 0.1) is 61.3 Å². The second-order valence-electron chi connectivity index (χ2n) is 16.5. The number of nitrogens with zero attached hydrogens (tertiary/aromatic N) is 9. The number of hydrogen-bond donors (Lipinski definition) is 0. The minimum atomic E-state index is -1.42. The van der Waals surface area contributed by atoms with Crippen LogP contribution in [0, 0.1) is 0 Å². The topological polar surface area (TPSA) is 282 Å². The van der Waals surface area contributed by atoms with E-state index in [4.69, 9.17) is 52.1 Å². The van der Waals surface area contributed by atoms with E-state index < -0.39 is 97.9 Å². The van der Waals surface area contributed by atoms with Gasteiger partial charge in [-0.3, -0.25) is 4.79 Å². The third-order valence-corrected chi connectivity index (χ3v) is 11.6. The van der Waals surface area contributed by atoms with E-state index in [1.54, 1.807) is 51.1 Å². The van der Waals surface area contributed by atoms with E-state index in [2.05, 4.69) is 30.1 Å². The summed E-state index contributed by atoms with van der Waals surface area (Å²) in [4.78, 5) is 34.9. The van der Waals surface area contributed by atoms with Crippen molar-refractivity contribution in [1.82, 2.24) is 0 Å². The zero-order valence-corrected chi connectivity index (χ0v) is 39.3. The molecule has 3 aliphatic rings. The monoisotopic (exact) mass is 932 g/mol. The van der Waals surface area contributed by atoms with E-state index in [0.29, 0.717) is 45.1 Å². The number of carbonyl (C=O) groups is 2. The van der Waals surface area contributed by atoms with Crippen LogP contribution in [0.4, 0.5) is 0 Å². The number of rotatable bonds is 28. The van der Waals surface area contributed by atoms with Crippen molar-refractivity contribution in [3.05, 3.63) is 67.2 Å². The van der Waals surface area contributed by atoms with Gasteiger partial charge in [-0.1, -0.05) is 80.0 Å². The zero-order chi connectivity index (χ0) is 47.8. The molecule has 1 aromatic rings. The highest BCUT2D eigenvalue weighted by molar-refractivity contribution is 5.89. The molecule has 3 aliphatic heterocycles. The molecule has 0 spiro atoms. The lowest BCUT2D eigenvalue weighted by Crippen LogP contribution is -2.66. The largest absolute Gasteiger partial charge is 0.469 e. The van der Waals surface area contributed by atoms with Crippen molar-refractivity contribution in [2.75, 3.05) is 33.5 Å². The molecule has 0 aliphatic carbocycles. The van der Waals surface area contributed by atoms with E-state index in [1.807, 2.05) is 20.8 Å². The second-order valence-corrected chi connectivity index (χ2v) is 16.5. The minimum Gasteiger partial charge on any atom is -0.469 e. The molecule has 66 heavy (non-hydrogen) atoms. The molecule has 3 fully saturated rings. The first-order chi connectivity index (χ1) is 32.1. The van der Waals surface area contributed by atoms with Crippen molar-refractivity contribution in [3.63, 3.8) is 0 Å². The van der Waals surface area contributed by atoms with E-state index in [9.17, 15) is 26.2 Å². The van der Waals surface area contributed by atoms with Gasteiger partial charge in [-0.05, 0) is 81.6 Å². The fourth-order valence-electron chi connectivity index (χ4n) is 7.97. The summed E-state index contributed by atoms with van der Waals surface area (Å²) in [5, 5.41) is 12.2. The molecule has 0 saturated carbocycles. The van der Waals surface area contributed by atoms with E-state index in [0.717, 1.165) is 19.3 Å². The first-order valence-corrected chi connectivity index (χ1v) is 23.3. The van der Waals surface area contributed by atoms with Gasteiger partial charge in [-0.2, -0.15) is 0 Å². The highest BCUT2D eigenvalue weighted by atomic mass is 16.8. The van der Waals surface area contributed by atoms with Crippen LogP contribution in [-0.4, -0.2) is 137 Å². The molecule has 1 aromatic carbocycles. The first-order valence-electron chi connectivity index (χ1n) is 23.3. The lowest BCUT2D eigenvalue weighted by molar-refractivity contribution is -0.377. The Hall–Kier alpha value is -4.27. The lowest BCUT2D eigenvalue weighted by atomic mass is 9.94. The van der Waals surface area contributed by atoms with Gasteiger partial charge in [0, 0.05) is 47.6 Å². The number of hydrogen-bond acceptors (Lipinski definition) is 16. The lowest BCUT2D eigenvalue weighted by Gasteiger charge is -2.50. The molecule has 6 unspecified atom stereocenters. The normalized spacial score (nSPS) is 32.0. The van der Waals surface area contributed by atoms with Gasteiger partial charge in [-0.15, -0.1) is 0 Å². The van der Waals surface area contributed by atoms with Crippen molar-refractivity contribution in [2.45, 2.75) is 198 Å². The van der Waals surface area contributed by atoms with Gasteiger partial charge in [0.2, 0.25) is 0 Å². The average molecular weight is 932 g/mol. The number of esters is 2. The minimum absolute atomic E-state index is 0.212. The van der Waals surface area contributed by atoms with Crippen LogP contribution in [-0.2, 0) is 56.9 Å². The van der Waals surface area contributed by atoms with Crippen LogP contribution in [0.5, 0.6) is 0 Å². The smallest absolute Gasteiger partial charge is 0.338 e. The molecule has 0 radical (unpaired) electrons. The van der Waals surface area contributed by atoms with Crippen LogP contribution < -0.4 is 0 Å². The molecule has 22 heteroatoms. The van der Waals surface area contributed by atoms with Gasteiger partial charge in [0.25, 0.3) is 0 Å². The first kappa shape index (κ1) is 54.3. The number of benzene rings is 1. The third-order valence-electron chi connectivity index (χ3n) is 11.6. The van der Waals surface area contributed by atoms with Crippen molar-refractivity contribution in [1.29, 1.82) is 0 Å². The Morgan fingerprint density at radius 3 is 1.44 bits per heavy atom. The summed E-state index contributed by atoms with van der Waals surface area (Å²) in [6, 6.07) is 5.59. The van der Waals surface area contributed by atoms with E-state index in [1.165, 1.54) is 7.11 Å². The van der Waals surface area contributed by atoms with Crippen molar-refractivity contribution >= 4 is 11.9 Å². The summed E-state index contributed by atoms with van der Waals surface area (Å²) in [7, 11) is 1.35. The number of ether oxygens (including phenoxy) is 11. The summed E-state index contributed by atoms with van der Waals surface area (Å²) in [6.07, 6.45) is -6.41. The molecular weight excluding hydrogens is 863 g/mol. The van der Waals surface area contributed by atoms with Crippen molar-refractivity contribution in [2.24, 2.45) is 15.3 Å². The van der Waals surface area contributed by atoms with Gasteiger partial charge in [0.1, 0.15) is 18.3 Å². The quantitative estimate of drug-likeness (QED) is 0.0250. The standard InChI is InChI=1S/C44H69N9O13/c1-8-11-23-57-35-32(48-51-45)27(4)61-42(60-26-19-15-18-22-31(54)56-7)38(35)65-44-40(37(59-25-13-10-3)34(50-53-47)29(6)63-44)66-43-39(64-41(55)30-20-16-14-17-21-30)36(58-24-12-9-2)33(49-52-46)28(5)62-43/h14,16-17,20-21,27-29,32-40,42-44H,8-13,15,18-19,22-26H2,1-7H3/t27?,28?,29?,32-,33-,34-,35?,36?,37?,38-,39-,40-,42+,43-,44-/m1/s1. The molecule has 4 rings (SSSR count). The Labute approximate surface area is 386 Å². The Bertz CT molecular complexity index is 1750. The van der Waals surface area contributed by atoms with Gasteiger partial charge >= 0.3 is 11.9 Å². The van der Waals surface area contributed by atoms with Crippen LogP contribution >= 0.6 is 0 Å². The predicted molar refractivity (Wildman–Crippen MR) is 238 cm³/mol. The maximum atomic E-state index is 13.9. The highest BCUT2D eigenvalue weighted by Gasteiger charge is 2.55. The molecule has 0 bridgehead atoms. The number of unbranched alkanes of at least 4 members (excludes halogenated alkanes) is 5. The van der Waals surface area contributed by atoms with E-state index in [-0.39, 0.29) is 37.8 Å². The van der Waals surface area contributed by atoms with Crippen molar-refractivity contribution < 1.29 is 61.7 Å². The predicted octanol–water partition coefficient (Wildman–Crippen LogP) is 8.56. The third kappa shape index (κ3) is 15.7. The fraction of sp³-hybridized carbons (Fsp3) is 0.818. The molecule has 0 aromatic heterocycles. The molecule has 0 N–H and O–H groups in total. The second kappa shape index (κ2) is 29.5. The Morgan fingerprint density at radius 1 is 0.561 bits per heavy atom.